The molecule has 0 fully saturated rings. The predicted molar refractivity (Wildman–Crippen MR) is 87.0 cm³/mol. The summed E-state index contributed by atoms with van der Waals surface area (Å²) >= 11 is 0. The Morgan fingerprint density at radius 2 is 1.62 bits per heavy atom. The molecule has 7 heteroatoms. The van der Waals surface area contributed by atoms with Gasteiger partial charge in [-0.25, -0.2) is 0 Å². The van der Waals surface area contributed by atoms with Crippen LogP contribution in [0.5, 0.6) is 0 Å². The highest BCUT2D eigenvalue weighted by atomic mass is 19.4. The third-order valence-electron chi connectivity index (χ3n) is 2.98. The minimum atomic E-state index is -4.41. The van der Waals surface area contributed by atoms with Crippen molar-refractivity contribution in [3.8, 4) is 0 Å². The number of halogens is 3. The highest BCUT2D eigenvalue weighted by Gasteiger charge is 2.30. The Bertz CT molecular complexity index is 719. The van der Waals surface area contributed by atoms with Crippen molar-refractivity contribution in [3.63, 3.8) is 0 Å². The number of pyridine rings is 1. The summed E-state index contributed by atoms with van der Waals surface area (Å²) < 4.78 is 37.6. The predicted octanol–water partition coefficient (Wildman–Crippen LogP) is 4.56. The largest absolute Gasteiger partial charge is 0.416 e. The first-order valence-electron chi connectivity index (χ1n) is 7.27. The second-order valence-electron chi connectivity index (χ2n) is 6.33. The maximum absolute atomic E-state index is 12.5. The average Bonchev–Trinajstić information content (AvgIpc) is 2.45. The van der Waals surface area contributed by atoms with Crippen molar-refractivity contribution in [1.82, 2.24) is 4.98 Å². The monoisotopic (exact) mass is 337 g/mol. The molecule has 0 spiro atoms. The van der Waals surface area contributed by atoms with Gasteiger partial charge in [0.1, 0.15) is 5.69 Å². The number of hydrogen-bond acceptors (Lipinski definition) is 3. The molecule has 24 heavy (non-hydrogen) atoms. The van der Waals surface area contributed by atoms with Gasteiger partial charge >= 0.3 is 6.18 Å². The van der Waals surface area contributed by atoms with Crippen LogP contribution in [0.2, 0.25) is 0 Å². The highest BCUT2D eigenvalue weighted by Crippen LogP contribution is 2.29. The Morgan fingerprint density at radius 1 is 1.00 bits per heavy atom. The Morgan fingerprint density at radius 3 is 2.17 bits per heavy atom. The number of benzene rings is 1. The molecule has 1 aromatic carbocycles. The molecule has 0 saturated carbocycles. The Balaban J connectivity index is 2.11. The van der Waals surface area contributed by atoms with Crippen LogP contribution in [0.25, 0.3) is 0 Å². The van der Waals surface area contributed by atoms with Crippen molar-refractivity contribution in [1.29, 1.82) is 0 Å². The zero-order valence-electron chi connectivity index (χ0n) is 13.5. The number of rotatable bonds is 3. The minimum absolute atomic E-state index is 0.171. The topological polar surface area (TPSA) is 54.0 Å². The van der Waals surface area contributed by atoms with Crippen LogP contribution in [0.4, 0.5) is 24.5 Å². The molecule has 2 rings (SSSR count). The van der Waals surface area contributed by atoms with E-state index in [1.54, 1.807) is 12.1 Å². The summed E-state index contributed by atoms with van der Waals surface area (Å²) in [5.74, 6) is -0.493. The lowest BCUT2D eigenvalue weighted by atomic mass is 10.1. The number of aromatic nitrogens is 1. The summed E-state index contributed by atoms with van der Waals surface area (Å²) in [5, 5.41) is 5.75. The number of nitrogens with zero attached hydrogens (tertiary/aromatic N) is 1. The number of alkyl halides is 3. The zero-order valence-corrected chi connectivity index (χ0v) is 13.5. The fourth-order valence-electron chi connectivity index (χ4n) is 2.00. The Kier molecular flexibility index (Phi) is 4.82. The lowest BCUT2D eigenvalue weighted by Gasteiger charge is -2.22. The van der Waals surface area contributed by atoms with Crippen LogP contribution in [0.15, 0.2) is 42.6 Å². The van der Waals surface area contributed by atoms with E-state index in [0.717, 1.165) is 17.8 Å². The van der Waals surface area contributed by atoms with Gasteiger partial charge in [-0.2, -0.15) is 13.2 Å². The van der Waals surface area contributed by atoms with Gasteiger partial charge in [0.2, 0.25) is 0 Å². The summed E-state index contributed by atoms with van der Waals surface area (Å²) in [6.45, 7) is 5.94. The van der Waals surface area contributed by atoms with E-state index in [1.165, 1.54) is 18.3 Å². The normalized spacial score (nSPS) is 11.9. The van der Waals surface area contributed by atoms with Gasteiger partial charge in [0.25, 0.3) is 5.91 Å². The summed E-state index contributed by atoms with van der Waals surface area (Å²) in [5.41, 5.74) is 0.223. The van der Waals surface area contributed by atoms with Crippen LogP contribution in [-0.2, 0) is 6.18 Å². The molecule has 128 valence electrons. The first-order valence-corrected chi connectivity index (χ1v) is 7.27. The Hall–Kier alpha value is -2.57. The molecule has 0 saturated heterocycles. The molecular weight excluding hydrogens is 319 g/mol. The molecule has 4 nitrogen and oxygen atoms in total. The van der Waals surface area contributed by atoms with E-state index in [2.05, 4.69) is 15.6 Å². The Labute approximate surface area is 138 Å². The maximum Gasteiger partial charge on any atom is 0.416 e. The molecule has 1 aromatic heterocycles. The van der Waals surface area contributed by atoms with Crippen molar-refractivity contribution in [2.24, 2.45) is 0 Å². The third-order valence-corrected chi connectivity index (χ3v) is 2.98. The number of nitrogens with one attached hydrogen (secondary N) is 2. The second kappa shape index (κ2) is 6.51. The molecule has 1 amide bonds. The standard InChI is InChI=1S/C17H18F3N3O/c1-16(2,3)23-13-8-9-21-14(10-13)15(24)22-12-6-4-11(5-7-12)17(18,19)20/h4-10H,1-3H3,(H,21,23)(H,22,24). The van der Waals surface area contributed by atoms with Gasteiger partial charge in [0.05, 0.1) is 5.56 Å². The third kappa shape index (κ3) is 4.97. The lowest BCUT2D eigenvalue weighted by molar-refractivity contribution is -0.137. The summed E-state index contributed by atoms with van der Waals surface area (Å²) in [7, 11) is 0. The van der Waals surface area contributed by atoms with Gasteiger partial charge in [0, 0.05) is 23.1 Å². The first-order chi connectivity index (χ1) is 11.0. The first kappa shape index (κ1) is 17.8. The second-order valence-corrected chi connectivity index (χ2v) is 6.33. The molecule has 0 aliphatic heterocycles. The smallest absolute Gasteiger partial charge is 0.380 e. The molecule has 2 N–H and O–H groups in total. The van der Waals surface area contributed by atoms with Gasteiger partial charge in [-0.1, -0.05) is 0 Å². The van der Waals surface area contributed by atoms with Crippen LogP contribution in [0, 0.1) is 0 Å². The fraction of sp³-hybridized carbons (Fsp3) is 0.294. The summed E-state index contributed by atoms with van der Waals surface area (Å²) in [6.07, 6.45) is -2.91. The molecule has 1 heterocycles. The summed E-state index contributed by atoms with van der Waals surface area (Å²) in [6, 6.07) is 7.57. The summed E-state index contributed by atoms with van der Waals surface area (Å²) in [4.78, 5) is 16.2. The number of carbonyl (C=O) groups excluding carboxylic acids is 1. The average molecular weight is 337 g/mol. The van der Waals surface area contributed by atoms with Crippen LogP contribution >= 0.6 is 0 Å². The van der Waals surface area contributed by atoms with Gasteiger partial charge in [-0.15, -0.1) is 0 Å². The van der Waals surface area contributed by atoms with E-state index < -0.39 is 17.6 Å². The van der Waals surface area contributed by atoms with Crippen molar-refractivity contribution in [3.05, 3.63) is 53.9 Å². The van der Waals surface area contributed by atoms with Crippen molar-refractivity contribution < 1.29 is 18.0 Å². The van der Waals surface area contributed by atoms with Crippen LogP contribution in [0.3, 0.4) is 0 Å². The highest BCUT2D eigenvalue weighted by molar-refractivity contribution is 6.03. The molecule has 0 unspecified atom stereocenters. The van der Waals surface area contributed by atoms with Crippen molar-refractivity contribution >= 4 is 17.3 Å². The fourth-order valence-corrected chi connectivity index (χ4v) is 2.00. The molecular formula is C17H18F3N3O. The molecule has 0 radical (unpaired) electrons. The van der Waals surface area contributed by atoms with E-state index in [4.69, 9.17) is 0 Å². The quantitative estimate of drug-likeness (QED) is 0.863. The number of anilines is 2. The van der Waals surface area contributed by atoms with Gasteiger partial charge < -0.3 is 10.6 Å². The molecule has 0 aliphatic rings. The van der Waals surface area contributed by atoms with Crippen LogP contribution in [0.1, 0.15) is 36.8 Å². The molecule has 2 aromatic rings. The molecule has 0 atom stereocenters. The van der Waals surface area contributed by atoms with Gasteiger partial charge in [0.15, 0.2) is 0 Å². The molecule has 0 aliphatic carbocycles. The minimum Gasteiger partial charge on any atom is -0.380 e. The van der Waals surface area contributed by atoms with E-state index in [9.17, 15) is 18.0 Å². The zero-order chi connectivity index (χ0) is 18.0. The van der Waals surface area contributed by atoms with Crippen molar-refractivity contribution in [2.75, 3.05) is 10.6 Å². The van der Waals surface area contributed by atoms with Crippen molar-refractivity contribution in [2.45, 2.75) is 32.5 Å². The van der Waals surface area contributed by atoms with E-state index >= 15 is 0 Å². The maximum atomic E-state index is 12.5. The SMILES string of the molecule is CC(C)(C)Nc1ccnc(C(=O)Nc2ccc(C(F)(F)F)cc2)c1. The molecule has 0 bridgehead atoms. The number of amides is 1. The number of hydrogen-bond donors (Lipinski definition) is 2. The van der Waals surface area contributed by atoms with Gasteiger partial charge in [-0.3, -0.25) is 9.78 Å². The van der Waals surface area contributed by atoms with E-state index in [-0.39, 0.29) is 16.9 Å². The van der Waals surface area contributed by atoms with E-state index in [0.29, 0.717) is 0 Å². The van der Waals surface area contributed by atoms with E-state index in [1.807, 2.05) is 20.8 Å². The van der Waals surface area contributed by atoms with Crippen LogP contribution < -0.4 is 10.6 Å². The lowest BCUT2D eigenvalue weighted by Crippen LogP contribution is -2.26. The number of carbonyl (C=O) groups is 1. The van der Waals surface area contributed by atoms with Crippen LogP contribution in [-0.4, -0.2) is 16.4 Å². The van der Waals surface area contributed by atoms with Gasteiger partial charge in [-0.05, 0) is 57.2 Å².